The number of azide groups is 1. The number of anilines is 1. The van der Waals surface area contributed by atoms with Crippen molar-refractivity contribution >= 4 is 23.4 Å². The van der Waals surface area contributed by atoms with Crippen molar-refractivity contribution in [3.8, 4) is 11.1 Å². The number of ether oxygens (including phenoxy) is 1. The average molecular weight is 414 g/mol. The van der Waals surface area contributed by atoms with Gasteiger partial charge in [0.05, 0.1) is 5.56 Å². The van der Waals surface area contributed by atoms with Crippen LogP contribution >= 0.6 is 0 Å². The number of carboxylic acids is 1. The van der Waals surface area contributed by atoms with E-state index in [0.717, 1.165) is 22.3 Å². The summed E-state index contributed by atoms with van der Waals surface area (Å²) in [5.41, 5.74) is 13.6. The van der Waals surface area contributed by atoms with Gasteiger partial charge in [0.1, 0.15) is 6.61 Å². The monoisotopic (exact) mass is 414 g/mol. The Morgan fingerprint density at radius 3 is 2.29 bits per heavy atom. The van der Waals surface area contributed by atoms with Crippen LogP contribution in [0, 0.1) is 6.92 Å². The van der Waals surface area contributed by atoms with Crippen LogP contribution in [0.5, 0.6) is 0 Å². The second-order valence-electron chi connectivity index (χ2n) is 7.11. The standard InChI is InChI=1S/C23H18N4O4/c1-13-19(22(28)29)10-14(26-27-24)11-21(13)25-23(30)31-12-20-17-8-4-2-6-15(17)16-7-3-5-9-18(16)20/h2-11,20H,12H2,1H3,(H,25,30)(H,28,29). The molecule has 0 bridgehead atoms. The molecule has 0 aliphatic heterocycles. The van der Waals surface area contributed by atoms with Crippen LogP contribution in [0.3, 0.4) is 0 Å². The van der Waals surface area contributed by atoms with Gasteiger partial charge in [-0.3, -0.25) is 5.32 Å². The van der Waals surface area contributed by atoms with Crippen molar-refractivity contribution in [2.45, 2.75) is 12.8 Å². The number of fused-ring (bicyclic) bond motifs is 3. The highest BCUT2D eigenvalue weighted by Gasteiger charge is 2.29. The quantitative estimate of drug-likeness (QED) is 0.302. The van der Waals surface area contributed by atoms with Crippen LogP contribution in [-0.4, -0.2) is 23.8 Å². The number of amides is 1. The number of carbonyl (C=O) groups excluding carboxylic acids is 1. The Bertz CT molecular complexity index is 1200. The summed E-state index contributed by atoms with van der Waals surface area (Å²) in [4.78, 5) is 26.7. The maximum atomic E-state index is 12.5. The number of benzene rings is 3. The van der Waals surface area contributed by atoms with Crippen molar-refractivity contribution < 1.29 is 19.4 Å². The molecule has 0 spiro atoms. The number of hydrogen-bond acceptors (Lipinski definition) is 4. The Kier molecular flexibility index (Phi) is 5.30. The lowest BCUT2D eigenvalue weighted by Crippen LogP contribution is -2.19. The predicted molar refractivity (Wildman–Crippen MR) is 116 cm³/mol. The molecule has 31 heavy (non-hydrogen) atoms. The molecule has 0 saturated carbocycles. The van der Waals surface area contributed by atoms with Crippen molar-refractivity contribution in [3.63, 3.8) is 0 Å². The summed E-state index contributed by atoms with van der Waals surface area (Å²) in [7, 11) is 0. The Balaban J connectivity index is 1.54. The molecular formula is C23H18N4O4. The van der Waals surface area contributed by atoms with Crippen LogP contribution in [0.15, 0.2) is 65.8 Å². The molecule has 154 valence electrons. The summed E-state index contributed by atoms with van der Waals surface area (Å²) in [6.07, 6.45) is -0.723. The highest BCUT2D eigenvalue weighted by molar-refractivity contribution is 5.95. The molecule has 4 rings (SSSR count). The molecule has 8 nitrogen and oxygen atoms in total. The summed E-state index contributed by atoms with van der Waals surface area (Å²) in [6, 6.07) is 18.7. The SMILES string of the molecule is Cc1c(NC(=O)OCC2c3ccccc3-c3ccccc32)cc(N=[N+]=[N-])cc1C(=O)O. The molecule has 0 aromatic heterocycles. The molecule has 0 fully saturated rings. The van der Waals surface area contributed by atoms with E-state index in [9.17, 15) is 14.7 Å². The second-order valence-corrected chi connectivity index (χ2v) is 7.11. The van der Waals surface area contributed by atoms with E-state index in [1.54, 1.807) is 6.92 Å². The number of nitrogens with zero attached hydrogens (tertiary/aromatic N) is 3. The fraction of sp³-hybridized carbons (Fsp3) is 0.130. The van der Waals surface area contributed by atoms with Crippen LogP contribution in [-0.2, 0) is 4.74 Å². The molecule has 0 saturated heterocycles. The molecule has 3 aromatic rings. The smallest absolute Gasteiger partial charge is 0.411 e. The van der Waals surface area contributed by atoms with Crippen molar-refractivity contribution in [1.82, 2.24) is 0 Å². The molecule has 8 heteroatoms. The van der Waals surface area contributed by atoms with Crippen LogP contribution in [0.1, 0.15) is 33.0 Å². The zero-order valence-corrected chi connectivity index (χ0v) is 16.6. The van der Waals surface area contributed by atoms with E-state index in [-0.39, 0.29) is 29.5 Å². The third kappa shape index (κ3) is 3.80. The van der Waals surface area contributed by atoms with Gasteiger partial charge in [0, 0.05) is 22.2 Å². The Morgan fingerprint density at radius 1 is 1.10 bits per heavy atom. The van der Waals surface area contributed by atoms with Crippen molar-refractivity contribution in [2.75, 3.05) is 11.9 Å². The molecule has 1 aliphatic rings. The van der Waals surface area contributed by atoms with Crippen LogP contribution in [0.2, 0.25) is 0 Å². The molecule has 0 radical (unpaired) electrons. The van der Waals surface area contributed by atoms with Gasteiger partial charge in [-0.15, -0.1) is 0 Å². The van der Waals surface area contributed by atoms with Gasteiger partial charge in [-0.05, 0) is 52.4 Å². The van der Waals surface area contributed by atoms with Crippen molar-refractivity contribution in [3.05, 3.63) is 93.4 Å². The fourth-order valence-electron chi connectivity index (χ4n) is 3.90. The molecule has 1 aliphatic carbocycles. The van der Waals surface area contributed by atoms with Gasteiger partial charge in [0.15, 0.2) is 0 Å². The van der Waals surface area contributed by atoms with Gasteiger partial charge in [-0.2, -0.15) is 0 Å². The second kappa shape index (κ2) is 8.22. The number of nitrogens with one attached hydrogen (secondary N) is 1. The van der Waals surface area contributed by atoms with Gasteiger partial charge < -0.3 is 9.84 Å². The molecule has 3 aromatic carbocycles. The third-order valence-corrected chi connectivity index (χ3v) is 5.36. The lowest BCUT2D eigenvalue weighted by Gasteiger charge is -2.16. The first kappa shape index (κ1) is 20.0. The maximum Gasteiger partial charge on any atom is 0.411 e. The molecule has 2 N–H and O–H groups in total. The average Bonchev–Trinajstić information content (AvgIpc) is 3.08. The maximum absolute atomic E-state index is 12.5. The van der Waals surface area contributed by atoms with E-state index in [4.69, 9.17) is 10.3 Å². The number of carboxylic acid groups (broad SMARTS) is 1. The van der Waals surface area contributed by atoms with Gasteiger partial charge in [-0.1, -0.05) is 53.6 Å². The van der Waals surface area contributed by atoms with E-state index >= 15 is 0 Å². The molecular weight excluding hydrogens is 396 g/mol. The van der Waals surface area contributed by atoms with Crippen LogP contribution in [0.25, 0.3) is 21.6 Å². The fourth-order valence-corrected chi connectivity index (χ4v) is 3.90. The van der Waals surface area contributed by atoms with E-state index in [1.165, 1.54) is 12.1 Å². The first-order valence-corrected chi connectivity index (χ1v) is 9.54. The number of rotatable bonds is 5. The number of hydrogen-bond donors (Lipinski definition) is 2. The summed E-state index contributed by atoms with van der Waals surface area (Å²) in [5.74, 6) is -1.29. The molecule has 0 unspecified atom stereocenters. The number of carbonyl (C=O) groups is 2. The van der Waals surface area contributed by atoms with Gasteiger partial charge in [-0.25, -0.2) is 9.59 Å². The Hall–Kier alpha value is -4.29. The minimum atomic E-state index is -1.19. The highest BCUT2D eigenvalue weighted by Crippen LogP contribution is 2.44. The summed E-state index contributed by atoms with van der Waals surface area (Å²) < 4.78 is 5.50. The molecule has 0 heterocycles. The zero-order chi connectivity index (χ0) is 22.0. The van der Waals surface area contributed by atoms with E-state index in [2.05, 4.69) is 15.3 Å². The lowest BCUT2D eigenvalue weighted by molar-refractivity contribution is 0.0696. The predicted octanol–water partition coefficient (Wildman–Crippen LogP) is 6.00. The number of aromatic carboxylic acids is 1. The highest BCUT2D eigenvalue weighted by atomic mass is 16.5. The normalized spacial score (nSPS) is 11.8. The summed E-state index contributed by atoms with van der Waals surface area (Å²) in [6.45, 7) is 1.68. The van der Waals surface area contributed by atoms with Gasteiger partial charge >= 0.3 is 12.1 Å². The van der Waals surface area contributed by atoms with E-state index in [1.807, 2.05) is 48.5 Å². The zero-order valence-electron chi connectivity index (χ0n) is 16.6. The topological polar surface area (TPSA) is 124 Å². The van der Waals surface area contributed by atoms with Crippen molar-refractivity contribution in [2.24, 2.45) is 5.11 Å². The first-order valence-electron chi connectivity index (χ1n) is 9.54. The van der Waals surface area contributed by atoms with E-state index in [0.29, 0.717) is 5.56 Å². The van der Waals surface area contributed by atoms with Crippen LogP contribution < -0.4 is 5.32 Å². The summed E-state index contributed by atoms with van der Waals surface area (Å²) in [5, 5.41) is 15.4. The van der Waals surface area contributed by atoms with E-state index < -0.39 is 12.1 Å². The van der Waals surface area contributed by atoms with Crippen molar-refractivity contribution in [1.29, 1.82) is 0 Å². The minimum absolute atomic E-state index is 0.0705. The minimum Gasteiger partial charge on any atom is -0.478 e. The third-order valence-electron chi connectivity index (χ3n) is 5.36. The Morgan fingerprint density at radius 2 is 1.71 bits per heavy atom. The van der Waals surface area contributed by atoms with Gasteiger partial charge in [0.25, 0.3) is 0 Å². The largest absolute Gasteiger partial charge is 0.478 e. The lowest BCUT2D eigenvalue weighted by atomic mass is 9.98. The molecule has 1 amide bonds. The van der Waals surface area contributed by atoms with Crippen LogP contribution in [0.4, 0.5) is 16.2 Å². The van der Waals surface area contributed by atoms with Gasteiger partial charge in [0.2, 0.25) is 0 Å². The summed E-state index contributed by atoms with van der Waals surface area (Å²) >= 11 is 0. The molecule has 0 atom stereocenters. The first-order chi connectivity index (χ1) is 15.0. The Labute approximate surface area is 177 Å².